The summed E-state index contributed by atoms with van der Waals surface area (Å²) in [7, 11) is -3.65. The van der Waals surface area contributed by atoms with Gasteiger partial charge in [0.05, 0.1) is 36.9 Å². The van der Waals surface area contributed by atoms with Crippen LogP contribution in [0.1, 0.15) is 41.3 Å². The normalized spacial score (nSPS) is 11.4. The van der Waals surface area contributed by atoms with Crippen LogP contribution in [-0.4, -0.2) is 33.4 Å². The molecule has 178 valence electrons. The number of hydrogen-bond donors (Lipinski definition) is 1. The highest BCUT2D eigenvalue weighted by molar-refractivity contribution is 7.92. The van der Waals surface area contributed by atoms with Crippen molar-refractivity contribution >= 4 is 27.8 Å². The number of carbonyl (C=O) groups is 1. The SMILES string of the molecule is CCCCOc1ccc(/C=N/NC(=O)c2ccccc2N(Cc2ccccc2)S(C)(=O)=O)cc1. The maximum Gasteiger partial charge on any atom is 0.273 e. The van der Waals surface area contributed by atoms with E-state index in [1.54, 1.807) is 24.3 Å². The van der Waals surface area contributed by atoms with Gasteiger partial charge in [-0.25, -0.2) is 13.8 Å². The third-order valence-electron chi connectivity index (χ3n) is 5.01. The maximum absolute atomic E-state index is 12.9. The number of ether oxygens (including phenoxy) is 1. The Hall–Kier alpha value is -3.65. The highest BCUT2D eigenvalue weighted by Gasteiger charge is 2.23. The first-order valence-electron chi connectivity index (χ1n) is 11.1. The molecule has 0 aliphatic heterocycles. The van der Waals surface area contributed by atoms with E-state index in [0.29, 0.717) is 6.61 Å². The van der Waals surface area contributed by atoms with Gasteiger partial charge >= 0.3 is 0 Å². The van der Waals surface area contributed by atoms with Gasteiger partial charge in [-0.1, -0.05) is 55.8 Å². The van der Waals surface area contributed by atoms with Crippen LogP contribution in [0.15, 0.2) is 84.0 Å². The van der Waals surface area contributed by atoms with Gasteiger partial charge in [0.25, 0.3) is 5.91 Å². The van der Waals surface area contributed by atoms with Crippen LogP contribution in [0, 0.1) is 0 Å². The lowest BCUT2D eigenvalue weighted by Gasteiger charge is -2.24. The second kappa shape index (κ2) is 12.0. The molecular formula is C26H29N3O4S. The molecule has 0 saturated carbocycles. The number of rotatable bonds is 11. The molecule has 3 rings (SSSR count). The van der Waals surface area contributed by atoms with Crippen molar-refractivity contribution in [3.63, 3.8) is 0 Å². The van der Waals surface area contributed by atoms with Gasteiger partial charge in [-0.3, -0.25) is 9.10 Å². The lowest BCUT2D eigenvalue weighted by molar-refractivity contribution is 0.0955. The molecule has 0 saturated heterocycles. The minimum Gasteiger partial charge on any atom is -0.494 e. The van der Waals surface area contributed by atoms with E-state index >= 15 is 0 Å². The zero-order valence-electron chi connectivity index (χ0n) is 19.3. The van der Waals surface area contributed by atoms with E-state index in [9.17, 15) is 13.2 Å². The van der Waals surface area contributed by atoms with Crippen LogP contribution < -0.4 is 14.5 Å². The Labute approximate surface area is 201 Å². The summed E-state index contributed by atoms with van der Waals surface area (Å²) in [6.45, 7) is 2.89. The van der Waals surface area contributed by atoms with Crippen LogP contribution in [-0.2, 0) is 16.6 Å². The van der Waals surface area contributed by atoms with Crippen molar-refractivity contribution in [3.05, 3.63) is 95.6 Å². The summed E-state index contributed by atoms with van der Waals surface area (Å²) >= 11 is 0. The predicted molar refractivity (Wildman–Crippen MR) is 136 cm³/mol. The maximum atomic E-state index is 12.9. The third kappa shape index (κ3) is 7.18. The van der Waals surface area contributed by atoms with Crippen LogP contribution in [0.3, 0.4) is 0 Å². The number of nitrogens with zero attached hydrogens (tertiary/aromatic N) is 2. The molecule has 0 fully saturated rings. The molecule has 0 heterocycles. The van der Waals surface area contributed by atoms with Gasteiger partial charge in [-0.2, -0.15) is 5.10 Å². The molecule has 0 aliphatic carbocycles. The molecule has 8 heteroatoms. The summed E-state index contributed by atoms with van der Waals surface area (Å²) in [4.78, 5) is 12.9. The van der Waals surface area contributed by atoms with Gasteiger partial charge < -0.3 is 4.74 Å². The van der Waals surface area contributed by atoms with Crippen molar-refractivity contribution < 1.29 is 17.9 Å². The fourth-order valence-electron chi connectivity index (χ4n) is 3.22. The number of unbranched alkanes of at least 4 members (excludes halogenated alkanes) is 1. The van der Waals surface area contributed by atoms with Crippen LogP contribution >= 0.6 is 0 Å². The number of anilines is 1. The first-order valence-corrected chi connectivity index (χ1v) is 12.9. The number of sulfonamides is 1. The topological polar surface area (TPSA) is 88.1 Å². The van der Waals surface area contributed by atoms with Crippen LogP contribution in [0.25, 0.3) is 0 Å². The Morgan fingerprint density at radius 1 is 1.00 bits per heavy atom. The molecule has 34 heavy (non-hydrogen) atoms. The van der Waals surface area contributed by atoms with E-state index in [1.165, 1.54) is 10.5 Å². The van der Waals surface area contributed by atoms with Gasteiger partial charge in [0.15, 0.2) is 0 Å². The molecule has 1 N–H and O–H groups in total. The molecule has 0 atom stereocenters. The standard InChI is InChI=1S/C26H29N3O4S/c1-3-4-18-33-23-16-14-21(15-17-23)19-27-28-26(30)24-12-8-9-13-25(24)29(34(2,31)32)20-22-10-6-5-7-11-22/h5-17,19H,3-4,18,20H2,1-2H3,(H,28,30)/b27-19+. The molecule has 0 radical (unpaired) electrons. The molecule has 0 aliphatic rings. The number of amides is 1. The Kier molecular flexibility index (Phi) is 8.81. The Morgan fingerprint density at radius 2 is 1.68 bits per heavy atom. The molecule has 1 amide bonds. The van der Waals surface area contributed by atoms with Crippen molar-refractivity contribution in [1.29, 1.82) is 0 Å². The van der Waals surface area contributed by atoms with E-state index in [1.807, 2.05) is 54.6 Å². The van der Waals surface area contributed by atoms with Crippen molar-refractivity contribution in [2.24, 2.45) is 5.10 Å². The van der Waals surface area contributed by atoms with Crippen LogP contribution in [0.2, 0.25) is 0 Å². The summed E-state index contributed by atoms with van der Waals surface area (Å²) in [5.74, 6) is 0.274. The molecule has 0 spiro atoms. The summed E-state index contributed by atoms with van der Waals surface area (Å²) < 4.78 is 32.0. The highest BCUT2D eigenvalue weighted by atomic mass is 32.2. The predicted octanol–water partition coefficient (Wildman–Crippen LogP) is 4.60. The average Bonchev–Trinajstić information content (AvgIpc) is 2.83. The number of benzene rings is 3. The van der Waals surface area contributed by atoms with E-state index in [-0.39, 0.29) is 17.8 Å². The zero-order valence-corrected chi connectivity index (χ0v) is 20.2. The lowest BCUT2D eigenvalue weighted by atomic mass is 10.1. The first-order chi connectivity index (χ1) is 16.4. The van der Waals surface area contributed by atoms with Crippen molar-refractivity contribution in [3.8, 4) is 5.75 Å². The fraction of sp³-hybridized carbons (Fsp3) is 0.231. The second-order valence-corrected chi connectivity index (χ2v) is 9.65. The number of hydrogen-bond acceptors (Lipinski definition) is 5. The number of carbonyl (C=O) groups excluding carboxylic acids is 1. The smallest absolute Gasteiger partial charge is 0.273 e. The molecule has 7 nitrogen and oxygen atoms in total. The largest absolute Gasteiger partial charge is 0.494 e. The van der Waals surface area contributed by atoms with Gasteiger partial charge in [0.1, 0.15) is 5.75 Å². The minimum absolute atomic E-state index is 0.111. The Balaban J connectivity index is 1.73. The molecule has 3 aromatic carbocycles. The van der Waals surface area contributed by atoms with Crippen LogP contribution in [0.5, 0.6) is 5.75 Å². The quantitative estimate of drug-likeness (QED) is 0.247. The Bertz CT molecular complexity index is 1210. The summed E-state index contributed by atoms with van der Waals surface area (Å²) in [5.41, 5.74) is 4.59. The number of para-hydroxylation sites is 1. The monoisotopic (exact) mass is 479 g/mol. The zero-order chi connectivity index (χ0) is 24.4. The highest BCUT2D eigenvalue weighted by Crippen LogP contribution is 2.25. The van der Waals surface area contributed by atoms with Crippen molar-refractivity contribution in [1.82, 2.24) is 5.43 Å². The first kappa shape index (κ1) is 25.0. The lowest BCUT2D eigenvalue weighted by Crippen LogP contribution is -2.32. The van der Waals surface area contributed by atoms with Crippen LogP contribution in [0.4, 0.5) is 5.69 Å². The summed E-state index contributed by atoms with van der Waals surface area (Å²) in [5, 5.41) is 4.04. The van der Waals surface area contributed by atoms with Gasteiger partial charge in [0, 0.05) is 0 Å². The number of nitrogens with one attached hydrogen (secondary N) is 1. The van der Waals surface area contributed by atoms with E-state index in [4.69, 9.17) is 4.74 Å². The van der Waals surface area contributed by atoms with E-state index in [2.05, 4.69) is 17.5 Å². The molecule has 0 unspecified atom stereocenters. The van der Waals surface area contributed by atoms with Crippen molar-refractivity contribution in [2.45, 2.75) is 26.3 Å². The second-order valence-electron chi connectivity index (χ2n) is 7.74. The van der Waals surface area contributed by atoms with Crippen molar-refractivity contribution in [2.75, 3.05) is 17.2 Å². The molecule has 3 aromatic rings. The third-order valence-corrected chi connectivity index (χ3v) is 6.14. The fourth-order valence-corrected chi connectivity index (χ4v) is 4.12. The molecule has 0 bridgehead atoms. The minimum atomic E-state index is -3.65. The number of hydrazone groups is 1. The summed E-state index contributed by atoms with van der Waals surface area (Å²) in [6, 6.07) is 23.2. The van der Waals surface area contributed by atoms with Gasteiger partial charge in [0.2, 0.25) is 10.0 Å². The molecule has 0 aromatic heterocycles. The van der Waals surface area contributed by atoms with E-state index in [0.717, 1.165) is 36.0 Å². The molecular weight excluding hydrogens is 450 g/mol. The van der Waals surface area contributed by atoms with Gasteiger partial charge in [-0.15, -0.1) is 0 Å². The summed E-state index contributed by atoms with van der Waals surface area (Å²) in [6.07, 6.45) is 4.72. The van der Waals surface area contributed by atoms with E-state index < -0.39 is 15.9 Å². The Morgan fingerprint density at radius 3 is 2.35 bits per heavy atom. The van der Waals surface area contributed by atoms with Gasteiger partial charge in [-0.05, 0) is 53.9 Å². The average molecular weight is 480 g/mol.